The van der Waals surface area contributed by atoms with Gasteiger partial charge in [-0.2, -0.15) is 0 Å². The molecule has 0 aromatic rings. The lowest BCUT2D eigenvalue weighted by Gasteiger charge is -2.42. The van der Waals surface area contributed by atoms with E-state index in [0.29, 0.717) is 6.04 Å². The molecule has 0 amide bonds. The first-order valence-electron chi connectivity index (χ1n) is 7.31. The molecule has 0 radical (unpaired) electrons. The van der Waals surface area contributed by atoms with Gasteiger partial charge in [0.05, 0.1) is 11.7 Å². The van der Waals surface area contributed by atoms with Crippen molar-refractivity contribution in [2.24, 2.45) is 0 Å². The fraction of sp³-hybridized carbons (Fsp3) is 1.00. The van der Waals surface area contributed by atoms with Gasteiger partial charge in [-0.05, 0) is 39.5 Å². The summed E-state index contributed by atoms with van der Waals surface area (Å²) in [5, 5.41) is 19.4. The fourth-order valence-electron chi connectivity index (χ4n) is 3.26. The zero-order valence-corrected chi connectivity index (χ0v) is 11.8. The van der Waals surface area contributed by atoms with E-state index in [0.717, 1.165) is 58.4 Å². The molecule has 0 aromatic carbocycles. The van der Waals surface area contributed by atoms with E-state index in [1.807, 2.05) is 13.8 Å². The SMILES string of the molecule is CC(C)(O)CN1CCN(C2CCC(O)CC2)CC1. The number of hydrogen-bond acceptors (Lipinski definition) is 4. The average Bonchev–Trinajstić information content (AvgIpc) is 2.29. The Bertz CT molecular complexity index is 249. The van der Waals surface area contributed by atoms with Crippen LogP contribution in [-0.2, 0) is 0 Å². The van der Waals surface area contributed by atoms with Gasteiger partial charge in [-0.1, -0.05) is 0 Å². The van der Waals surface area contributed by atoms with Crippen molar-refractivity contribution in [2.45, 2.75) is 57.3 Å². The highest BCUT2D eigenvalue weighted by molar-refractivity contribution is 4.84. The summed E-state index contributed by atoms with van der Waals surface area (Å²) in [7, 11) is 0. The summed E-state index contributed by atoms with van der Waals surface area (Å²) in [6.07, 6.45) is 4.17. The minimum Gasteiger partial charge on any atom is -0.393 e. The van der Waals surface area contributed by atoms with Crippen LogP contribution in [0.2, 0.25) is 0 Å². The molecule has 0 atom stereocenters. The monoisotopic (exact) mass is 256 g/mol. The number of aliphatic hydroxyl groups excluding tert-OH is 1. The molecule has 0 unspecified atom stereocenters. The molecule has 1 aliphatic heterocycles. The molecular weight excluding hydrogens is 228 g/mol. The maximum absolute atomic E-state index is 9.83. The number of piperazine rings is 1. The molecule has 18 heavy (non-hydrogen) atoms. The third kappa shape index (κ3) is 4.19. The smallest absolute Gasteiger partial charge is 0.0718 e. The van der Waals surface area contributed by atoms with Crippen molar-refractivity contribution in [3.8, 4) is 0 Å². The lowest BCUT2D eigenvalue weighted by atomic mass is 9.91. The Hall–Kier alpha value is -0.160. The lowest BCUT2D eigenvalue weighted by Crippen LogP contribution is -2.53. The summed E-state index contributed by atoms with van der Waals surface area (Å²) in [6.45, 7) is 8.85. The van der Waals surface area contributed by atoms with Crippen molar-refractivity contribution >= 4 is 0 Å². The summed E-state index contributed by atoms with van der Waals surface area (Å²) in [5.41, 5.74) is -0.586. The molecule has 4 heteroatoms. The Labute approximate surface area is 111 Å². The summed E-state index contributed by atoms with van der Waals surface area (Å²) in [6, 6.07) is 0.678. The topological polar surface area (TPSA) is 46.9 Å². The van der Waals surface area contributed by atoms with E-state index >= 15 is 0 Å². The number of aliphatic hydroxyl groups is 2. The van der Waals surface area contributed by atoms with Gasteiger partial charge in [-0.15, -0.1) is 0 Å². The van der Waals surface area contributed by atoms with Crippen LogP contribution in [0.25, 0.3) is 0 Å². The van der Waals surface area contributed by atoms with Crippen molar-refractivity contribution in [3.63, 3.8) is 0 Å². The van der Waals surface area contributed by atoms with Crippen LogP contribution in [0.5, 0.6) is 0 Å². The van der Waals surface area contributed by atoms with Gasteiger partial charge in [0, 0.05) is 38.8 Å². The molecule has 1 aliphatic carbocycles. The molecular formula is C14H28N2O2. The van der Waals surface area contributed by atoms with Crippen LogP contribution >= 0.6 is 0 Å². The van der Waals surface area contributed by atoms with E-state index in [1.165, 1.54) is 0 Å². The zero-order chi connectivity index (χ0) is 13.2. The molecule has 2 aliphatic rings. The third-order valence-corrected chi connectivity index (χ3v) is 4.20. The molecule has 2 fully saturated rings. The number of nitrogens with zero attached hydrogens (tertiary/aromatic N) is 2. The summed E-state index contributed by atoms with van der Waals surface area (Å²) in [4.78, 5) is 4.93. The van der Waals surface area contributed by atoms with E-state index in [2.05, 4.69) is 9.80 Å². The van der Waals surface area contributed by atoms with E-state index in [4.69, 9.17) is 0 Å². The van der Waals surface area contributed by atoms with Gasteiger partial charge in [-0.3, -0.25) is 9.80 Å². The van der Waals surface area contributed by atoms with Crippen molar-refractivity contribution < 1.29 is 10.2 Å². The van der Waals surface area contributed by atoms with Gasteiger partial charge in [0.25, 0.3) is 0 Å². The van der Waals surface area contributed by atoms with E-state index in [-0.39, 0.29) is 6.10 Å². The van der Waals surface area contributed by atoms with Gasteiger partial charge in [0.2, 0.25) is 0 Å². The van der Waals surface area contributed by atoms with Crippen LogP contribution in [0.15, 0.2) is 0 Å². The quantitative estimate of drug-likeness (QED) is 0.779. The first kappa shape index (κ1) is 14.3. The predicted molar refractivity (Wildman–Crippen MR) is 72.6 cm³/mol. The molecule has 0 aromatic heterocycles. The first-order chi connectivity index (χ1) is 8.44. The fourth-order valence-corrected chi connectivity index (χ4v) is 3.26. The Morgan fingerprint density at radius 3 is 2.06 bits per heavy atom. The van der Waals surface area contributed by atoms with Crippen molar-refractivity contribution in [1.82, 2.24) is 9.80 Å². The van der Waals surface area contributed by atoms with Crippen LogP contribution in [-0.4, -0.2) is 70.5 Å². The maximum atomic E-state index is 9.83. The summed E-state index contributed by atoms with van der Waals surface area (Å²) < 4.78 is 0. The Kier molecular flexibility index (Phi) is 4.64. The normalized spacial score (nSPS) is 32.7. The van der Waals surface area contributed by atoms with Crippen LogP contribution in [0.1, 0.15) is 39.5 Å². The minimum absolute atomic E-state index is 0.0577. The van der Waals surface area contributed by atoms with E-state index < -0.39 is 5.60 Å². The molecule has 0 bridgehead atoms. The van der Waals surface area contributed by atoms with Crippen LogP contribution in [0.3, 0.4) is 0 Å². The van der Waals surface area contributed by atoms with Crippen LogP contribution in [0.4, 0.5) is 0 Å². The lowest BCUT2D eigenvalue weighted by molar-refractivity contribution is 0.00128. The van der Waals surface area contributed by atoms with Gasteiger partial charge >= 0.3 is 0 Å². The Balaban J connectivity index is 1.73. The molecule has 4 nitrogen and oxygen atoms in total. The highest BCUT2D eigenvalue weighted by atomic mass is 16.3. The number of rotatable bonds is 3. The molecule has 2 rings (SSSR count). The second-order valence-corrected chi connectivity index (χ2v) is 6.59. The molecule has 0 spiro atoms. The van der Waals surface area contributed by atoms with Gasteiger partial charge in [-0.25, -0.2) is 0 Å². The maximum Gasteiger partial charge on any atom is 0.0718 e. The van der Waals surface area contributed by atoms with Crippen LogP contribution < -0.4 is 0 Å². The van der Waals surface area contributed by atoms with Crippen molar-refractivity contribution in [3.05, 3.63) is 0 Å². The average molecular weight is 256 g/mol. The third-order valence-electron chi connectivity index (χ3n) is 4.20. The predicted octanol–water partition coefficient (Wildman–Crippen LogP) is 0.678. The van der Waals surface area contributed by atoms with Gasteiger partial charge in [0.15, 0.2) is 0 Å². The van der Waals surface area contributed by atoms with Gasteiger partial charge in [0.1, 0.15) is 0 Å². The Morgan fingerprint density at radius 1 is 1.00 bits per heavy atom. The number of β-amino-alcohol motifs (C(OH)–C–C–N with tert-alkyl or cyclic N) is 1. The highest BCUT2D eigenvalue weighted by Crippen LogP contribution is 2.24. The van der Waals surface area contributed by atoms with Crippen molar-refractivity contribution in [2.75, 3.05) is 32.7 Å². The van der Waals surface area contributed by atoms with Gasteiger partial charge < -0.3 is 10.2 Å². The van der Waals surface area contributed by atoms with E-state index in [1.54, 1.807) is 0 Å². The molecule has 2 N–H and O–H groups in total. The zero-order valence-electron chi connectivity index (χ0n) is 11.8. The second-order valence-electron chi connectivity index (χ2n) is 6.59. The number of hydrogen-bond donors (Lipinski definition) is 2. The largest absolute Gasteiger partial charge is 0.393 e. The van der Waals surface area contributed by atoms with Crippen molar-refractivity contribution in [1.29, 1.82) is 0 Å². The molecule has 106 valence electrons. The van der Waals surface area contributed by atoms with E-state index in [9.17, 15) is 10.2 Å². The van der Waals surface area contributed by atoms with Crippen LogP contribution in [0, 0.1) is 0 Å². The molecule has 1 heterocycles. The second kappa shape index (κ2) is 5.87. The summed E-state index contributed by atoms with van der Waals surface area (Å²) in [5.74, 6) is 0. The minimum atomic E-state index is -0.586. The standard InChI is InChI=1S/C14H28N2O2/c1-14(2,18)11-15-7-9-16(10-8-15)12-3-5-13(17)6-4-12/h12-13,17-18H,3-11H2,1-2H3. The Morgan fingerprint density at radius 2 is 1.56 bits per heavy atom. The highest BCUT2D eigenvalue weighted by Gasteiger charge is 2.28. The summed E-state index contributed by atoms with van der Waals surface area (Å²) >= 11 is 0. The molecule has 1 saturated heterocycles. The molecule has 1 saturated carbocycles. The first-order valence-corrected chi connectivity index (χ1v) is 7.31.